The fraction of sp³-hybridized carbons (Fsp3) is 0.364. The van der Waals surface area contributed by atoms with E-state index in [9.17, 15) is 4.79 Å². The molecular formula is C22H27N3O2. The molecule has 1 N–H and O–H groups in total. The maximum Gasteiger partial charge on any atom is 0.251 e. The van der Waals surface area contributed by atoms with E-state index in [2.05, 4.69) is 40.0 Å². The van der Waals surface area contributed by atoms with Gasteiger partial charge < -0.3 is 10.1 Å². The Morgan fingerprint density at radius 1 is 1.15 bits per heavy atom. The van der Waals surface area contributed by atoms with Gasteiger partial charge in [0.25, 0.3) is 5.91 Å². The van der Waals surface area contributed by atoms with Crippen LogP contribution in [0.1, 0.15) is 41.5 Å². The van der Waals surface area contributed by atoms with Gasteiger partial charge in [-0.15, -0.1) is 0 Å². The van der Waals surface area contributed by atoms with E-state index >= 15 is 0 Å². The summed E-state index contributed by atoms with van der Waals surface area (Å²) in [6.07, 6.45) is 1.86. The number of fused-ring (bicyclic) bond motifs is 1. The van der Waals surface area contributed by atoms with Crippen LogP contribution >= 0.6 is 0 Å². The van der Waals surface area contributed by atoms with Gasteiger partial charge in [0.05, 0.1) is 11.0 Å². The molecule has 0 atom stereocenters. The van der Waals surface area contributed by atoms with Gasteiger partial charge in [-0.3, -0.25) is 9.36 Å². The highest BCUT2D eigenvalue weighted by atomic mass is 16.5. The number of carbonyl (C=O) groups excluding carboxylic acids is 1. The number of rotatable bonds is 8. The first kappa shape index (κ1) is 19.1. The molecule has 0 radical (unpaired) electrons. The molecule has 1 aromatic heterocycles. The first-order valence-corrected chi connectivity index (χ1v) is 9.52. The second-order valence-electron chi connectivity index (χ2n) is 6.70. The molecule has 5 heteroatoms. The number of aryl methyl sites for hydroxylation is 2. The van der Waals surface area contributed by atoms with E-state index in [0.717, 1.165) is 48.6 Å². The zero-order chi connectivity index (χ0) is 19.2. The summed E-state index contributed by atoms with van der Waals surface area (Å²) in [7, 11) is 0. The van der Waals surface area contributed by atoms with Crippen molar-refractivity contribution in [3.05, 3.63) is 59.4 Å². The molecule has 0 aliphatic rings. The number of amides is 1. The quantitative estimate of drug-likeness (QED) is 0.609. The zero-order valence-electron chi connectivity index (χ0n) is 16.3. The third-order valence-electron chi connectivity index (χ3n) is 4.55. The van der Waals surface area contributed by atoms with Crippen molar-refractivity contribution < 1.29 is 9.53 Å². The Labute approximate surface area is 160 Å². The molecule has 0 fully saturated rings. The van der Waals surface area contributed by atoms with E-state index in [4.69, 9.17) is 4.74 Å². The smallest absolute Gasteiger partial charge is 0.251 e. The van der Waals surface area contributed by atoms with Crippen LogP contribution < -0.4 is 5.32 Å². The van der Waals surface area contributed by atoms with Crippen molar-refractivity contribution in [2.75, 3.05) is 19.8 Å². The molecule has 5 nitrogen and oxygen atoms in total. The number of carbonyl (C=O) groups is 1. The molecule has 0 saturated carbocycles. The van der Waals surface area contributed by atoms with Gasteiger partial charge >= 0.3 is 0 Å². The van der Waals surface area contributed by atoms with Crippen LogP contribution in [0, 0.1) is 13.8 Å². The molecular weight excluding hydrogens is 338 g/mol. The SMILES string of the molecule is CCOCCCCNC(=O)c1ccc2c(c1)nc(C)n2-c1cccc(C)c1. The van der Waals surface area contributed by atoms with Crippen molar-refractivity contribution in [2.45, 2.75) is 33.6 Å². The first-order chi connectivity index (χ1) is 13.1. The summed E-state index contributed by atoms with van der Waals surface area (Å²) in [5, 5.41) is 2.97. The minimum atomic E-state index is -0.0592. The predicted molar refractivity (Wildman–Crippen MR) is 109 cm³/mol. The number of imidazole rings is 1. The molecule has 3 rings (SSSR count). The van der Waals surface area contributed by atoms with Gasteiger partial charge in [-0.2, -0.15) is 0 Å². The highest BCUT2D eigenvalue weighted by Gasteiger charge is 2.12. The number of ether oxygens (including phenoxy) is 1. The van der Waals surface area contributed by atoms with Crippen LogP contribution in [-0.2, 0) is 4.74 Å². The second-order valence-corrected chi connectivity index (χ2v) is 6.70. The molecule has 3 aromatic rings. The van der Waals surface area contributed by atoms with Crippen molar-refractivity contribution in [1.82, 2.24) is 14.9 Å². The lowest BCUT2D eigenvalue weighted by Gasteiger charge is -2.08. The monoisotopic (exact) mass is 365 g/mol. The number of nitrogens with one attached hydrogen (secondary N) is 1. The third kappa shape index (κ3) is 4.55. The van der Waals surface area contributed by atoms with Crippen LogP contribution in [0.2, 0.25) is 0 Å². The average molecular weight is 365 g/mol. The summed E-state index contributed by atoms with van der Waals surface area (Å²) >= 11 is 0. The van der Waals surface area contributed by atoms with Crippen LogP contribution in [0.4, 0.5) is 0 Å². The van der Waals surface area contributed by atoms with Gasteiger partial charge in [0, 0.05) is 31.0 Å². The molecule has 0 spiro atoms. The molecule has 0 unspecified atom stereocenters. The molecule has 2 aromatic carbocycles. The minimum Gasteiger partial charge on any atom is -0.382 e. The molecule has 142 valence electrons. The van der Waals surface area contributed by atoms with Crippen LogP contribution in [-0.4, -0.2) is 35.2 Å². The number of hydrogen-bond acceptors (Lipinski definition) is 3. The van der Waals surface area contributed by atoms with Crippen LogP contribution in [0.15, 0.2) is 42.5 Å². The lowest BCUT2D eigenvalue weighted by atomic mass is 10.1. The van der Waals surface area contributed by atoms with Gasteiger partial charge in [0.1, 0.15) is 5.82 Å². The molecule has 0 aliphatic carbocycles. The molecule has 0 saturated heterocycles. The van der Waals surface area contributed by atoms with Crippen molar-refractivity contribution in [3.63, 3.8) is 0 Å². The van der Waals surface area contributed by atoms with E-state index < -0.39 is 0 Å². The Morgan fingerprint density at radius 3 is 2.78 bits per heavy atom. The Balaban J connectivity index is 1.74. The maximum absolute atomic E-state index is 12.4. The number of nitrogens with zero attached hydrogens (tertiary/aromatic N) is 2. The summed E-state index contributed by atoms with van der Waals surface area (Å²) in [5.74, 6) is 0.847. The summed E-state index contributed by atoms with van der Waals surface area (Å²) in [6, 6.07) is 14.0. The van der Waals surface area contributed by atoms with Crippen LogP contribution in [0.25, 0.3) is 16.7 Å². The Hall–Kier alpha value is -2.66. The normalized spacial score (nSPS) is 11.1. The Morgan fingerprint density at radius 2 is 2.00 bits per heavy atom. The first-order valence-electron chi connectivity index (χ1n) is 9.52. The largest absolute Gasteiger partial charge is 0.382 e. The Kier molecular flexibility index (Phi) is 6.24. The molecule has 1 heterocycles. The summed E-state index contributed by atoms with van der Waals surface area (Å²) in [4.78, 5) is 17.1. The Bertz CT molecular complexity index is 930. The van der Waals surface area contributed by atoms with Gasteiger partial charge in [0.2, 0.25) is 0 Å². The van der Waals surface area contributed by atoms with E-state index in [1.165, 1.54) is 5.56 Å². The van der Waals surface area contributed by atoms with Crippen LogP contribution in [0.3, 0.4) is 0 Å². The van der Waals surface area contributed by atoms with Crippen molar-refractivity contribution in [3.8, 4) is 5.69 Å². The highest BCUT2D eigenvalue weighted by Crippen LogP contribution is 2.23. The third-order valence-corrected chi connectivity index (χ3v) is 4.55. The van der Waals surface area contributed by atoms with E-state index in [1.54, 1.807) is 0 Å². The maximum atomic E-state index is 12.4. The molecule has 27 heavy (non-hydrogen) atoms. The van der Waals surface area contributed by atoms with Gasteiger partial charge in [0.15, 0.2) is 0 Å². The zero-order valence-corrected chi connectivity index (χ0v) is 16.3. The highest BCUT2D eigenvalue weighted by molar-refractivity contribution is 5.97. The van der Waals surface area contributed by atoms with E-state index in [1.807, 2.05) is 38.1 Å². The predicted octanol–water partition coefficient (Wildman–Crippen LogP) is 4.19. The fourth-order valence-electron chi connectivity index (χ4n) is 3.21. The summed E-state index contributed by atoms with van der Waals surface area (Å²) < 4.78 is 7.43. The van der Waals surface area contributed by atoms with Gasteiger partial charge in [-0.25, -0.2) is 4.98 Å². The number of unbranched alkanes of at least 4 members (excludes halogenated alkanes) is 1. The summed E-state index contributed by atoms with van der Waals surface area (Å²) in [5.41, 5.74) is 4.76. The van der Waals surface area contributed by atoms with Gasteiger partial charge in [-0.05, 0) is 69.5 Å². The second kappa shape index (κ2) is 8.82. The molecule has 0 bridgehead atoms. The van der Waals surface area contributed by atoms with Crippen molar-refractivity contribution in [1.29, 1.82) is 0 Å². The minimum absolute atomic E-state index is 0.0592. The average Bonchev–Trinajstić information content (AvgIpc) is 2.99. The van der Waals surface area contributed by atoms with Gasteiger partial charge in [-0.1, -0.05) is 12.1 Å². The van der Waals surface area contributed by atoms with Crippen LogP contribution in [0.5, 0.6) is 0 Å². The number of benzene rings is 2. The molecule has 0 aliphatic heterocycles. The van der Waals surface area contributed by atoms with E-state index in [-0.39, 0.29) is 5.91 Å². The number of hydrogen-bond donors (Lipinski definition) is 1. The topological polar surface area (TPSA) is 56.1 Å². The van der Waals surface area contributed by atoms with Crippen molar-refractivity contribution >= 4 is 16.9 Å². The fourth-order valence-corrected chi connectivity index (χ4v) is 3.21. The lowest BCUT2D eigenvalue weighted by molar-refractivity contribution is 0.0949. The number of aromatic nitrogens is 2. The van der Waals surface area contributed by atoms with Crippen molar-refractivity contribution in [2.24, 2.45) is 0 Å². The van der Waals surface area contributed by atoms with E-state index in [0.29, 0.717) is 12.1 Å². The molecule has 1 amide bonds. The lowest BCUT2D eigenvalue weighted by Crippen LogP contribution is -2.24. The standard InChI is InChI=1S/C22H27N3O2/c1-4-27-13-6-5-12-23-22(26)18-10-11-21-20(15-18)24-17(3)25(21)19-9-7-8-16(2)14-19/h7-11,14-15H,4-6,12-13H2,1-3H3,(H,23,26). The summed E-state index contributed by atoms with van der Waals surface area (Å²) in [6.45, 7) is 8.19.